The average Bonchev–Trinajstić information content (AvgIpc) is 3.22. The van der Waals surface area contributed by atoms with Gasteiger partial charge in [-0.15, -0.1) is 0 Å². The van der Waals surface area contributed by atoms with Crippen molar-refractivity contribution in [2.75, 3.05) is 61.2 Å². The van der Waals surface area contributed by atoms with Crippen molar-refractivity contribution in [3.8, 4) is 0 Å². The fourth-order valence-electron chi connectivity index (χ4n) is 1.91. The molecule has 7 heteroatoms. The zero-order chi connectivity index (χ0) is 18.3. The fourth-order valence-corrected chi connectivity index (χ4v) is 1.91. The van der Waals surface area contributed by atoms with Gasteiger partial charge in [-0.2, -0.15) is 0 Å². The molecule has 1 aliphatic heterocycles. The third kappa shape index (κ3) is 26.6. The number of aliphatic hydroxyl groups excluding tert-OH is 2. The molecule has 0 bridgehead atoms. The van der Waals surface area contributed by atoms with Crippen LogP contribution in [0.25, 0.3) is 0 Å². The van der Waals surface area contributed by atoms with Gasteiger partial charge in [0.1, 0.15) is 0 Å². The highest BCUT2D eigenvalue weighted by molar-refractivity contribution is 4.64. The van der Waals surface area contributed by atoms with E-state index < -0.39 is 0 Å². The van der Waals surface area contributed by atoms with E-state index in [4.69, 9.17) is 14.9 Å². The molecule has 4 N–H and O–H groups in total. The first-order valence-electron chi connectivity index (χ1n) is 8.40. The Morgan fingerprint density at radius 2 is 1.42 bits per heavy atom. The van der Waals surface area contributed by atoms with Crippen LogP contribution in [0.3, 0.4) is 0 Å². The number of hydrogen-bond donors (Lipinski definition) is 4. The van der Waals surface area contributed by atoms with Gasteiger partial charge in [-0.25, -0.2) is 0 Å². The van der Waals surface area contributed by atoms with Crippen molar-refractivity contribution in [1.29, 1.82) is 0 Å². The summed E-state index contributed by atoms with van der Waals surface area (Å²) in [7, 11) is 7.70. The molecule has 7 nitrogen and oxygen atoms in total. The minimum atomic E-state index is -0.301. The van der Waals surface area contributed by atoms with E-state index in [2.05, 4.69) is 17.6 Å². The van der Waals surface area contributed by atoms with Gasteiger partial charge in [0.2, 0.25) is 0 Å². The molecule has 0 aromatic carbocycles. The summed E-state index contributed by atoms with van der Waals surface area (Å²) in [4.78, 5) is 4.04. The van der Waals surface area contributed by atoms with Crippen LogP contribution in [0.5, 0.6) is 0 Å². The molecular formula is C17H44N4O3. The Bertz CT molecular complexity index is 224. The van der Waals surface area contributed by atoms with Crippen LogP contribution in [0, 0.1) is 0 Å². The summed E-state index contributed by atoms with van der Waals surface area (Å²) in [6.07, 6.45) is 1.23. The summed E-state index contributed by atoms with van der Waals surface area (Å²) in [6.45, 7) is 9.65. The van der Waals surface area contributed by atoms with Crippen LogP contribution in [0.2, 0.25) is 0 Å². The third-order valence-corrected chi connectivity index (χ3v) is 2.85. The summed E-state index contributed by atoms with van der Waals surface area (Å²) in [5.74, 6) is 0. The molecule has 3 unspecified atom stereocenters. The molecule has 0 aromatic heterocycles. The summed E-state index contributed by atoms with van der Waals surface area (Å²) >= 11 is 0. The van der Waals surface area contributed by atoms with E-state index in [1.54, 1.807) is 13.8 Å². The van der Waals surface area contributed by atoms with E-state index in [1.165, 1.54) is 6.42 Å². The Morgan fingerprint density at radius 1 is 1.04 bits per heavy atom. The summed E-state index contributed by atoms with van der Waals surface area (Å²) in [5.41, 5.74) is 0. The number of nitrogens with zero attached hydrogens (tertiary/aromatic N) is 2. The quantitative estimate of drug-likeness (QED) is 0.353. The van der Waals surface area contributed by atoms with Gasteiger partial charge < -0.3 is 25.6 Å². The minimum absolute atomic E-state index is 0. The highest BCUT2D eigenvalue weighted by Crippen LogP contribution is 2.10. The number of rotatable bonds is 9. The lowest BCUT2D eigenvalue weighted by Crippen LogP contribution is -2.39. The number of nitrogens with one attached hydrogen (secondary N) is 2. The fraction of sp³-hybridized carbons (Fsp3) is 1.00. The van der Waals surface area contributed by atoms with Crippen molar-refractivity contribution in [2.45, 2.75) is 52.9 Å². The highest BCUT2D eigenvalue weighted by Gasteiger charge is 2.18. The van der Waals surface area contributed by atoms with E-state index in [0.29, 0.717) is 19.2 Å². The number of hydrogen-bond acceptors (Lipinski definition) is 7. The minimum Gasteiger partial charge on any atom is -0.392 e. The zero-order valence-corrected chi connectivity index (χ0v) is 16.2. The van der Waals surface area contributed by atoms with Crippen molar-refractivity contribution < 1.29 is 14.9 Å². The average molecular weight is 353 g/mol. The maximum absolute atomic E-state index is 9.11. The maximum atomic E-state index is 9.11. The van der Waals surface area contributed by atoms with Gasteiger partial charge in [0.15, 0.2) is 0 Å². The molecule has 24 heavy (non-hydrogen) atoms. The van der Waals surface area contributed by atoms with Crippen molar-refractivity contribution in [1.82, 2.24) is 20.4 Å². The summed E-state index contributed by atoms with van der Waals surface area (Å²) in [5, 5.41) is 24.0. The predicted octanol–water partition coefficient (Wildman–Crippen LogP) is 0.383. The third-order valence-electron chi connectivity index (χ3n) is 2.85. The largest absolute Gasteiger partial charge is 0.392 e. The molecule has 1 rings (SSSR count). The SMILES string of the molecule is C.CC(O)CN(C)CN(C)CC(C)O.CCC1CO1.CNCNC. The van der Waals surface area contributed by atoms with Crippen LogP contribution >= 0.6 is 0 Å². The van der Waals surface area contributed by atoms with Gasteiger partial charge >= 0.3 is 0 Å². The first-order chi connectivity index (χ1) is 10.8. The van der Waals surface area contributed by atoms with E-state index in [0.717, 1.165) is 19.9 Å². The molecule has 0 saturated carbocycles. The predicted molar refractivity (Wildman–Crippen MR) is 103 cm³/mol. The first kappa shape index (κ1) is 28.5. The molecule has 3 atom stereocenters. The summed E-state index contributed by atoms with van der Waals surface area (Å²) in [6, 6.07) is 0. The Balaban J connectivity index is -0.000000329. The second-order valence-corrected chi connectivity index (χ2v) is 6.16. The Hall–Kier alpha value is -0.280. The first-order valence-corrected chi connectivity index (χ1v) is 8.40. The molecule has 150 valence electrons. The van der Waals surface area contributed by atoms with Crippen LogP contribution < -0.4 is 10.6 Å². The van der Waals surface area contributed by atoms with Gasteiger partial charge in [-0.05, 0) is 48.5 Å². The van der Waals surface area contributed by atoms with Crippen molar-refractivity contribution in [2.24, 2.45) is 0 Å². The molecule has 0 aromatic rings. The smallest absolute Gasteiger partial charge is 0.0807 e. The van der Waals surface area contributed by atoms with Gasteiger partial charge in [0.25, 0.3) is 0 Å². The van der Waals surface area contributed by atoms with E-state index >= 15 is 0 Å². The van der Waals surface area contributed by atoms with E-state index in [1.807, 2.05) is 38.0 Å². The molecule has 0 spiro atoms. The second-order valence-electron chi connectivity index (χ2n) is 6.16. The van der Waals surface area contributed by atoms with Gasteiger partial charge in [0, 0.05) is 19.8 Å². The summed E-state index contributed by atoms with van der Waals surface area (Å²) < 4.78 is 4.86. The van der Waals surface area contributed by atoms with Crippen LogP contribution in [-0.2, 0) is 4.74 Å². The molecular weight excluding hydrogens is 308 g/mol. The molecule has 1 saturated heterocycles. The maximum Gasteiger partial charge on any atom is 0.0807 e. The topological polar surface area (TPSA) is 83.5 Å². The molecule has 1 aliphatic rings. The van der Waals surface area contributed by atoms with Crippen molar-refractivity contribution in [3.05, 3.63) is 0 Å². The van der Waals surface area contributed by atoms with Crippen molar-refractivity contribution >= 4 is 0 Å². The van der Waals surface area contributed by atoms with Crippen LogP contribution in [0.1, 0.15) is 34.6 Å². The molecule has 0 aliphatic carbocycles. The Kier molecular flexibility index (Phi) is 22.6. The van der Waals surface area contributed by atoms with E-state index in [-0.39, 0.29) is 19.6 Å². The van der Waals surface area contributed by atoms with Crippen LogP contribution in [-0.4, -0.2) is 99.5 Å². The lowest BCUT2D eigenvalue weighted by Gasteiger charge is -2.26. The van der Waals surface area contributed by atoms with Gasteiger partial charge in [-0.3, -0.25) is 9.80 Å². The number of aliphatic hydroxyl groups is 2. The standard InChI is InChI=1S/C9H22N2O2.C4H8O.C3H10N2.CH4/c1-8(12)5-10(3)7-11(4)6-9(2)13;1-2-4-3-5-4;1-4-3-5-2;/h8-9,12-13H,5-7H2,1-4H3;4H,2-3H2,1H3;4-5H,3H2,1-2H3;1H4. The molecule has 0 amide bonds. The highest BCUT2D eigenvalue weighted by atomic mass is 16.6. The van der Waals surface area contributed by atoms with Gasteiger partial charge in [0.05, 0.1) is 31.6 Å². The number of epoxide rings is 1. The normalized spacial score (nSPS) is 17.9. The Labute approximate surface area is 150 Å². The number of likely N-dealkylation sites (N-methyl/N-ethyl adjacent to an activating group) is 2. The molecule has 0 radical (unpaired) electrons. The van der Waals surface area contributed by atoms with Crippen molar-refractivity contribution in [3.63, 3.8) is 0 Å². The lowest BCUT2D eigenvalue weighted by molar-refractivity contribution is 0.0794. The monoisotopic (exact) mass is 352 g/mol. The van der Waals surface area contributed by atoms with Crippen LogP contribution in [0.4, 0.5) is 0 Å². The lowest BCUT2D eigenvalue weighted by atomic mass is 10.3. The number of ether oxygens (including phenoxy) is 1. The molecule has 1 fully saturated rings. The van der Waals surface area contributed by atoms with Crippen LogP contribution in [0.15, 0.2) is 0 Å². The molecule has 1 heterocycles. The van der Waals surface area contributed by atoms with Gasteiger partial charge in [-0.1, -0.05) is 14.4 Å². The second kappa shape index (κ2) is 19.1. The van der Waals surface area contributed by atoms with E-state index in [9.17, 15) is 0 Å². The zero-order valence-electron chi connectivity index (χ0n) is 16.2. The Morgan fingerprint density at radius 3 is 1.54 bits per heavy atom.